The molecule has 0 radical (unpaired) electrons. The molecule has 7 nitrogen and oxygen atoms in total. The molecular weight excluding hydrogens is 565 g/mol. The number of aliphatic hydroxyl groups is 1. The van der Waals surface area contributed by atoms with Gasteiger partial charge in [0.2, 0.25) is 0 Å². The highest BCUT2D eigenvalue weighted by Gasteiger charge is 2.42. The standard InChI is InChI=1S/C15H13F2N3O.C11H13ClFNOS.C2H2O/c16-13(17)14-18-11-9-5-1-2-6-10(9)21-12(11)15(19-14)20-7-3-4-8-20;1-7-6-16-3-2-11(7,13)9-4-8(12)5-14-10(9)15;1-2-3/h1-2,5-6,13H,3-4,7-8H2;4-5,7H,2-3,6H2,1H3,(H,14,15);1,3H. The van der Waals surface area contributed by atoms with E-state index in [0.29, 0.717) is 33.9 Å². The number of furan rings is 1. The molecule has 2 saturated heterocycles. The highest BCUT2D eigenvalue weighted by atomic mass is 35.5. The minimum absolute atomic E-state index is 0.161. The Kier molecular flexibility index (Phi) is 9.53. The number of aromatic nitrogens is 3. The molecule has 2 atom stereocenters. The molecule has 12 heteroatoms. The van der Waals surface area contributed by atoms with Crippen molar-refractivity contribution in [2.45, 2.75) is 38.3 Å². The third kappa shape index (κ3) is 6.18. The van der Waals surface area contributed by atoms with Gasteiger partial charge in [-0.3, -0.25) is 4.79 Å². The smallest absolute Gasteiger partial charge is 0.297 e. The van der Waals surface area contributed by atoms with Gasteiger partial charge in [0.1, 0.15) is 22.9 Å². The van der Waals surface area contributed by atoms with E-state index in [9.17, 15) is 18.0 Å². The molecule has 5 heterocycles. The fourth-order valence-electron chi connectivity index (χ4n) is 4.86. The van der Waals surface area contributed by atoms with Gasteiger partial charge in [0.05, 0.1) is 10.6 Å². The van der Waals surface area contributed by atoms with E-state index in [2.05, 4.69) is 21.4 Å². The van der Waals surface area contributed by atoms with Crippen molar-refractivity contribution in [2.75, 3.05) is 29.5 Å². The lowest BCUT2D eigenvalue weighted by atomic mass is 9.83. The summed E-state index contributed by atoms with van der Waals surface area (Å²) < 4.78 is 46.9. The van der Waals surface area contributed by atoms with Crippen LogP contribution in [0.2, 0.25) is 5.02 Å². The highest BCUT2D eigenvalue weighted by Crippen LogP contribution is 2.42. The SMILES string of the molecule is C#CO.CC1CSCCC1(F)c1cc(Cl)c[nH]c1=O.FC(F)c1nc(N2CCCC2)c2oc3ccccc3c2n1. The quantitative estimate of drug-likeness (QED) is 0.252. The van der Waals surface area contributed by atoms with E-state index in [1.54, 1.807) is 11.8 Å². The number of pyridine rings is 1. The molecule has 40 heavy (non-hydrogen) atoms. The average Bonchev–Trinajstić information content (AvgIpc) is 3.60. The summed E-state index contributed by atoms with van der Waals surface area (Å²) >= 11 is 7.53. The number of aliphatic hydroxyl groups excluding tert-OH is 1. The van der Waals surface area contributed by atoms with Crippen LogP contribution in [-0.2, 0) is 5.67 Å². The number of terminal acetylenes is 1. The lowest BCUT2D eigenvalue weighted by Gasteiger charge is -2.35. The van der Waals surface area contributed by atoms with Crippen LogP contribution in [0.15, 0.2) is 45.7 Å². The maximum Gasteiger partial charge on any atom is 0.297 e. The van der Waals surface area contributed by atoms with Crippen LogP contribution in [0.4, 0.5) is 19.0 Å². The van der Waals surface area contributed by atoms with Gasteiger partial charge in [0.15, 0.2) is 17.2 Å². The van der Waals surface area contributed by atoms with Crippen LogP contribution in [0.3, 0.4) is 0 Å². The zero-order valence-corrected chi connectivity index (χ0v) is 23.2. The number of fused-ring (bicyclic) bond motifs is 3. The van der Waals surface area contributed by atoms with E-state index >= 15 is 0 Å². The van der Waals surface area contributed by atoms with Gasteiger partial charge >= 0.3 is 0 Å². The van der Waals surface area contributed by atoms with Crippen LogP contribution in [0.5, 0.6) is 0 Å². The molecule has 2 N–H and O–H groups in total. The number of alkyl halides is 3. The molecule has 0 aliphatic carbocycles. The zero-order valence-electron chi connectivity index (χ0n) is 21.7. The van der Waals surface area contributed by atoms with Gasteiger partial charge in [-0.1, -0.05) is 37.1 Å². The van der Waals surface area contributed by atoms with Gasteiger partial charge < -0.3 is 19.4 Å². The third-order valence-corrected chi connectivity index (χ3v) is 8.34. The van der Waals surface area contributed by atoms with Gasteiger partial charge in [0, 0.05) is 30.6 Å². The van der Waals surface area contributed by atoms with Gasteiger partial charge in [-0.05, 0) is 49.0 Å². The lowest BCUT2D eigenvalue weighted by molar-refractivity contribution is 0.0913. The molecule has 2 unspecified atom stereocenters. The summed E-state index contributed by atoms with van der Waals surface area (Å²) in [6.07, 6.45) is 6.55. The molecule has 0 saturated carbocycles. The second kappa shape index (κ2) is 12.9. The first-order valence-corrected chi connectivity index (χ1v) is 14.2. The molecule has 0 bridgehead atoms. The molecule has 2 aliphatic rings. The third-order valence-electron chi connectivity index (χ3n) is 6.89. The van der Waals surface area contributed by atoms with Crippen molar-refractivity contribution >= 4 is 51.2 Å². The number of rotatable bonds is 3. The minimum atomic E-state index is -2.69. The lowest BCUT2D eigenvalue weighted by Crippen LogP contribution is -2.39. The Morgan fingerprint density at radius 2 is 2.00 bits per heavy atom. The van der Waals surface area contributed by atoms with E-state index in [4.69, 9.17) is 21.1 Å². The van der Waals surface area contributed by atoms with Crippen LogP contribution in [-0.4, -0.2) is 44.7 Å². The first-order valence-electron chi connectivity index (χ1n) is 12.7. The van der Waals surface area contributed by atoms with Crippen molar-refractivity contribution in [1.82, 2.24) is 15.0 Å². The number of nitrogens with zero attached hydrogens (tertiary/aromatic N) is 3. The van der Waals surface area contributed by atoms with Crippen molar-refractivity contribution in [3.63, 3.8) is 0 Å². The highest BCUT2D eigenvalue weighted by molar-refractivity contribution is 7.99. The number of benzene rings is 1. The maximum absolute atomic E-state index is 14.8. The molecule has 2 fully saturated rings. The Morgan fingerprint density at radius 3 is 2.67 bits per heavy atom. The second-order valence-electron chi connectivity index (χ2n) is 9.45. The number of nitrogens with one attached hydrogen (secondary N) is 1. The summed E-state index contributed by atoms with van der Waals surface area (Å²) in [4.78, 5) is 24.2. The van der Waals surface area contributed by atoms with Gasteiger partial charge in [0.25, 0.3) is 12.0 Å². The number of hydrogen-bond acceptors (Lipinski definition) is 7. The van der Waals surface area contributed by atoms with Crippen molar-refractivity contribution in [1.29, 1.82) is 0 Å². The average molecular weight is 593 g/mol. The summed E-state index contributed by atoms with van der Waals surface area (Å²) in [7, 11) is 0. The van der Waals surface area contributed by atoms with Crippen LogP contribution in [0.25, 0.3) is 22.1 Å². The Hall–Kier alpha value is -3.36. The predicted molar refractivity (Wildman–Crippen MR) is 152 cm³/mol. The molecule has 212 valence electrons. The predicted octanol–water partition coefficient (Wildman–Crippen LogP) is 6.83. The second-order valence-corrected chi connectivity index (χ2v) is 11.0. The number of para-hydroxylation sites is 1. The van der Waals surface area contributed by atoms with Gasteiger partial charge in [-0.25, -0.2) is 23.1 Å². The van der Waals surface area contributed by atoms with Crippen molar-refractivity contribution in [2.24, 2.45) is 5.92 Å². The first-order chi connectivity index (χ1) is 19.2. The summed E-state index contributed by atoms with van der Waals surface area (Å²) in [5, 5.41) is 8.22. The van der Waals surface area contributed by atoms with Crippen LogP contribution in [0.1, 0.15) is 44.0 Å². The molecule has 2 aliphatic heterocycles. The number of aromatic amines is 1. The molecule has 4 aromatic rings. The van der Waals surface area contributed by atoms with Crippen molar-refractivity contribution in [3.05, 3.63) is 63.3 Å². The molecule has 3 aromatic heterocycles. The van der Waals surface area contributed by atoms with E-state index < -0.39 is 17.9 Å². The monoisotopic (exact) mass is 592 g/mol. The molecule has 1 aromatic carbocycles. The van der Waals surface area contributed by atoms with E-state index in [0.717, 1.165) is 42.8 Å². The largest absolute Gasteiger partial charge is 0.462 e. The van der Waals surface area contributed by atoms with Gasteiger partial charge in [-0.15, -0.1) is 0 Å². The first kappa shape index (κ1) is 29.6. The van der Waals surface area contributed by atoms with Crippen molar-refractivity contribution < 1.29 is 22.7 Å². The van der Waals surface area contributed by atoms with E-state index in [-0.39, 0.29) is 17.0 Å². The van der Waals surface area contributed by atoms with E-state index in [1.165, 1.54) is 18.4 Å². The van der Waals surface area contributed by atoms with Crippen LogP contribution >= 0.6 is 23.4 Å². The Labute approximate surface area is 238 Å². The molecule has 6 rings (SSSR count). The zero-order chi connectivity index (χ0) is 28.9. The Bertz CT molecular complexity index is 1570. The summed E-state index contributed by atoms with van der Waals surface area (Å²) in [5.74, 6) is 1.38. The summed E-state index contributed by atoms with van der Waals surface area (Å²) in [6, 6.07) is 8.79. The maximum atomic E-state index is 14.8. The topological polar surface area (TPSA) is 95.2 Å². The van der Waals surface area contributed by atoms with Crippen molar-refractivity contribution in [3.8, 4) is 12.5 Å². The fourth-order valence-corrected chi connectivity index (χ4v) is 6.25. The van der Waals surface area contributed by atoms with Gasteiger partial charge in [-0.2, -0.15) is 11.8 Å². The summed E-state index contributed by atoms with van der Waals surface area (Å²) in [6.45, 7) is 3.46. The molecular formula is C28H28ClF3N4O3S. The molecule has 0 spiro atoms. The number of halogens is 4. The number of H-pyrrole nitrogens is 1. The summed E-state index contributed by atoms with van der Waals surface area (Å²) in [5.41, 5.74) is -0.114. The number of hydrogen-bond donors (Lipinski definition) is 2. The Balaban J connectivity index is 0.000000174. The normalized spacial score (nSPS) is 20.5. The molecule has 0 amide bonds. The fraction of sp³-hybridized carbons (Fsp3) is 0.393. The van der Waals surface area contributed by atoms with E-state index in [1.807, 2.05) is 36.1 Å². The van der Waals surface area contributed by atoms with Crippen LogP contribution < -0.4 is 10.5 Å². The Morgan fingerprint density at radius 1 is 1.30 bits per heavy atom. The number of anilines is 1. The minimum Gasteiger partial charge on any atom is -0.462 e. The number of thioether (sulfide) groups is 1. The van der Waals surface area contributed by atoms with Crippen LogP contribution in [0, 0.1) is 18.4 Å².